The molecule has 5 heteroatoms. The third-order valence-electron chi connectivity index (χ3n) is 5.08. The maximum atomic E-state index is 10.2. The molecule has 1 fully saturated rings. The van der Waals surface area contributed by atoms with Crippen molar-refractivity contribution in [3.05, 3.63) is 29.3 Å². The van der Waals surface area contributed by atoms with E-state index in [4.69, 9.17) is 9.47 Å². The lowest BCUT2D eigenvalue weighted by Crippen LogP contribution is -2.48. The number of β-amino-alcohol motifs (C(OH)–C–C–N with tert-alkyl or cyclic N) is 1. The van der Waals surface area contributed by atoms with Crippen molar-refractivity contribution >= 4 is 12.4 Å². The van der Waals surface area contributed by atoms with E-state index in [1.807, 2.05) is 12.1 Å². The van der Waals surface area contributed by atoms with Gasteiger partial charge < -0.3 is 14.6 Å². The van der Waals surface area contributed by atoms with Gasteiger partial charge in [-0.05, 0) is 63.8 Å². The second kappa shape index (κ2) is 11.0. The van der Waals surface area contributed by atoms with Crippen LogP contribution in [0.15, 0.2) is 18.2 Å². The maximum absolute atomic E-state index is 10.2. The van der Waals surface area contributed by atoms with Crippen LogP contribution in [0.4, 0.5) is 0 Å². The Morgan fingerprint density at radius 1 is 1.12 bits per heavy atom. The van der Waals surface area contributed by atoms with Gasteiger partial charge >= 0.3 is 0 Å². The van der Waals surface area contributed by atoms with Crippen molar-refractivity contribution in [3.63, 3.8) is 0 Å². The summed E-state index contributed by atoms with van der Waals surface area (Å²) < 4.78 is 11.3. The predicted molar refractivity (Wildman–Crippen MR) is 105 cm³/mol. The molecule has 4 nitrogen and oxygen atoms in total. The van der Waals surface area contributed by atoms with E-state index in [0.29, 0.717) is 38.4 Å². The fraction of sp³-hybridized carbons (Fsp3) is 0.700. The number of aliphatic hydroxyl groups excluding tert-OH is 1. The van der Waals surface area contributed by atoms with Gasteiger partial charge in [-0.25, -0.2) is 0 Å². The summed E-state index contributed by atoms with van der Waals surface area (Å²) in [6.45, 7) is 10.7. The normalized spacial score (nSPS) is 22.3. The highest BCUT2D eigenvalue weighted by Gasteiger charge is 2.26. The molecule has 0 aliphatic carbocycles. The molecular weight excluding hydrogens is 338 g/mol. The van der Waals surface area contributed by atoms with Gasteiger partial charge in [-0.1, -0.05) is 12.5 Å². The van der Waals surface area contributed by atoms with Crippen molar-refractivity contribution in [2.75, 3.05) is 26.4 Å². The zero-order valence-corrected chi connectivity index (χ0v) is 16.8. The topological polar surface area (TPSA) is 41.9 Å². The van der Waals surface area contributed by atoms with Crippen molar-refractivity contribution in [2.45, 2.75) is 65.1 Å². The molecule has 0 bridgehead atoms. The molecule has 25 heavy (non-hydrogen) atoms. The number of nitrogens with zero attached hydrogens (tertiary/aromatic N) is 1. The van der Waals surface area contributed by atoms with Crippen LogP contribution in [0.3, 0.4) is 0 Å². The summed E-state index contributed by atoms with van der Waals surface area (Å²) in [5.74, 6) is 0.873. The van der Waals surface area contributed by atoms with Gasteiger partial charge in [-0.2, -0.15) is 0 Å². The molecule has 0 aromatic heterocycles. The molecule has 1 N–H and O–H groups in total. The molecule has 1 heterocycles. The van der Waals surface area contributed by atoms with Crippen LogP contribution in [-0.4, -0.2) is 54.6 Å². The molecule has 0 spiro atoms. The Labute approximate surface area is 158 Å². The largest absolute Gasteiger partial charge is 0.491 e. The third kappa shape index (κ3) is 7.14. The van der Waals surface area contributed by atoms with Crippen molar-refractivity contribution in [2.24, 2.45) is 0 Å². The van der Waals surface area contributed by atoms with E-state index in [1.54, 1.807) is 0 Å². The van der Waals surface area contributed by atoms with Gasteiger partial charge in [0.15, 0.2) is 0 Å². The molecule has 0 radical (unpaired) electrons. The van der Waals surface area contributed by atoms with Gasteiger partial charge in [0.2, 0.25) is 0 Å². The number of aryl methyl sites for hydroxylation is 2. The third-order valence-corrected chi connectivity index (χ3v) is 5.08. The Balaban J connectivity index is 0.00000312. The molecule has 3 unspecified atom stereocenters. The number of hydrogen-bond acceptors (Lipinski definition) is 4. The standard InChI is InChI=1S/C20H33NO3.ClH/c1-15-8-9-20(12-16(15)2)24-11-10-23-14-19(22)13-21-17(3)6-5-7-18(21)4;/h8-9,12,17-19,22H,5-7,10-11,13-14H2,1-4H3;1H. The molecule has 1 aromatic carbocycles. The lowest BCUT2D eigenvalue weighted by atomic mass is 9.97. The Kier molecular flexibility index (Phi) is 9.80. The fourth-order valence-electron chi connectivity index (χ4n) is 3.37. The number of hydrogen-bond donors (Lipinski definition) is 1. The minimum absolute atomic E-state index is 0. The lowest BCUT2D eigenvalue weighted by Gasteiger charge is -2.40. The SMILES string of the molecule is Cc1ccc(OCCOCC(O)CN2C(C)CCCC2C)cc1C.Cl. The Morgan fingerprint density at radius 2 is 1.80 bits per heavy atom. The van der Waals surface area contributed by atoms with Crippen molar-refractivity contribution in [1.29, 1.82) is 0 Å². The molecular formula is C20H34ClNO3. The van der Waals surface area contributed by atoms with E-state index in [9.17, 15) is 5.11 Å². The zero-order chi connectivity index (χ0) is 17.5. The highest BCUT2D eigenvalue weighted by molar-refractivity contribution is 5.85. The highest BCUT2D eigenvalue weighted by atomic mass is 35.5. The minimum atomic E-state index is -0.436. The number of rotatable bonds is 8. The van der Waals surface area contributed by atoms with Crippen LogP contribution in [0, 0.1) is 13.8 Å². The first-order chi connectivity index (χ1) is 11.5. The van der Waals surface area contributed by atoms with Crippen LogP contribution in [0.1, 0.15) is 44.2 Å². The van der Waals surface area contributed by atoms with Gasteiger partial charge in [0.05, 0.1) is 19.3 Å². The van der Waals surface area contributed by atoms with Crippen molar-refractivity contribution in [3.8, 4) is 5.75 Å². The number of aliphatic hydroxyl groups is 1. The van der Waals surface area contributed by atoms with E-state index in [1.165, 1.54) is 30.4 Å². The average molecular weight is 372 g/mol. The summed E-state index contributed by atoms with van der Waals surface area (Å²) in [5, 5.41) is 10.2. The molecule has 1 aromatic rings. The summed E-state index contributed by atoms with van der Waals surface area (Å²) in [4.78, 5) is 2.41. The Bertz CT molecular complexity index is 502. The average Bonchev–Trinajstić information content (AvgIpc) is 2.54. The van der Waals surface area contributed by atoms with Crippen LogP contribution >= 0.6 is 12.4 Å². The zero-order valence-electron chi connectivity index (χ0n) is 16.0. The van der Waals surface area contributed by atoms with Gasteiger partial charge in [0.25, 0.3) is 0 Å². The first-order valence-electron chi connectivity index (χ1n) is 9.19. The van der Waals surface area contributed by atoms with E-state index >= 15 is 0 Å². The summed E-state index contributed by atoms with van der Waals surface area (Å²) in [6, 6.07) is 7.20. The van der Waals surface area contributed by atoms with Crippen LogP contribution < -0.4 is 4.74 Å². The van der Waals surface area contributed by atoms with E-state index in [2.05, 4.69) is 38.7 Å². The first kappa shape index (κ1) is 22.2. The monoisotopic (exact) mass is 371 g/mol. The predicted octanol–water partition coefficient (Wildman–Crippen LogP) is 3.74. The number of halogens is 1. The van der Waals surface area contributed by atoms with Gasteiger partial charge in [0.1, 0.15) is 12.4 Å². The van der Waals surface area contributed by atoms with Gasteiger partial charge in [0, 0.05) is 18.6 Å². The molecule has 0 amide bonds. The van der Waals surface area contributed by atoms with E-state index in [-0.39, 0.29) is 12.4 Å². The van der Waals surface area contributed by atoms with E-state index in [0.717, 1.165) is 5.75 Å². The number of likely N-dealkylation sites (tertiary alicyclic amines) is 1. The quantitative estimate of drug-likeness (QED) is 0.707. The maximum Gasteiger partial charge on any atom is 0.119 e. The van der Waals surface area contributed by atoms with Gasteiger partial charge in [-0.15, -0.1) is 12.4 Å². The molecule has 3 atom stereocenters. The molecule has 144 valence electrons. The highest BCUT2D eigenvalue weighted by Crippen LogP contribution is 2.22. The number of ether oxygens (including phenoxy) is 2. The number of piperidine rings is 1. The fourth-order valence-corrected chi connectivity index (χ4v) is 3.37. The second-order valence-electron chi connectivity index (χ2n) is 7.15. The Morgan fingerprint density at radius 3 is 2.44 bits per heavy atom. The number of benzene rings is 1. The van der Waals surface area contributed by atoms with Crippen LogP contribution in [0.2, 0.25) is 0 Å². The summed E-state index contributed by atoms with van der Waals surface area (Å²) in [7, 11) is 0. The van der Waals surface area contributed by atoms with Crippen LogP contribution in [0.25, 0.3) is 0 Å². The Hall–Kier alpha value is -0.810. The summed E-state index contributed by atoms with van der Waals surface area (Å²) in [5.41, 5.74) is 2.50. The van der Waals surface area contributed by atoms with Crippen LogP contribution in [-0.2, 0) is 4.74 Å². The minimum Gasteiger partial charge on any atom is -0.491 e. The van der Waals surface area contributed by atoms with Crippen LogP contribution in [0.5, 0.6) is 5.75 Å². The molecule has 0 saturated carbocycles. The molecule has 2 rings (SSSR count). The van der Waals surface area contributed by atoms with Gasteiger partial charge in [-0.3, -0.25) is 4.90 Å². The van der Waals surface area contributed by atoms with Crippen molar-refractivity contribution < 1.29 is 14.6 Å². The second-order valence-corrected chi connectivity index (χ2v) is 7.15. The summed E-state index contributed by atoms with van der Waals surface area (Å²) >= 11 is 0. The molecule has 1 saturated heterocycles. The lowest BCUT2D eigenvalue weighted by molar-refractivity contribution is -0.0141. The summed E-state index contributed by atoms with van der Waals surface area (Å²) in [6.07, 6.45) is 3.31. The first-order valence-corrected chi connectivity index (χ1v) is 9.19. The molecule has 1 aliphatic rings. The molecule has 1 aliphatic heterocycles. The van der Waals surface area contributed by atoms with E-state index < -0.39 is 6.10 Å². The van der Waals surface area contributed by atoms with Crippen molar-refractivity contribution in [1.82, 2.24) is 4.90 Å². The smallest absolute Gasteiger partial charge is 0.119 e.